The monoisotopic (exact) mass is 387 g/mol. The van der Waals surface area contributed by atoms with Gasteiger partial charge in [0.05, 0.1) is 38.1 Å². The molecule has 0 bridgehead atoms. The van der Waals surface area contributed by atoms with Crippen LogP contribution in [0.15, 0.2) is 50.7 Å². The van der Waals surface area contributed by atoms with Gasteiger partial charge in [0.1, 0.15) is 30.7 Å². The highest BCUT2D eigenvalue weighted by Crippen LogP contribution is 2.39. The average molecular weight is 387 g/mol. The second kappa shape index (κ2) is 7.65. The SMILES string of the molecule is Cc1ccc([C@H]2C(C(=O)c3ccco3)=C(O)C(=O)N2CC[NH+]2CCOCC2)o1. The first kappa shape index (κ1) is 18.5. The largest absolute Gasteiger partial charge is 0.503 e. The third-order valence-corrected chi connectivity index (χ3v) is 5.23. The van der Waals surface area contributed by atoms with Gasteiger partial charge in [0.15, 0.2) is 11.5 Å². The highest BCUT2D eigenvalue weighted by atomic mass is 16.5. The number of nitrogens with one attached hydrogen (secondary N) is 1. The van der Waals surface area contributed by atoms with E-state index in [0.29, 0.717) is 37.8 Å². The Hall–Kier alpha value is -2.84. The summed E-state index contributed by atoms with van der Waals surface area (Å²) in [6.07, 6.45) is 1.38. The number of hydrogen-bond acceptors (Lipinski definition) is 6. The number of quaternary nitrogens is 1. The predicted molar refractivity (Wildman–Crippen MR) is 97.0 cm³/mol. The van der Waals surface area contributed by atoms with Crippen LogP contribution in [0.3, 0.4) is 0 Å². The maximum atomic E-state index is 13.0. The number of morpholine rings is 1. The lowest BCUT2D eigenvalue weighted by Gasteiger charge is -2.28. The van der Waals surface area contributed by atoms with Crippen molar-refractivity contribution < 1.29 is 33.2 Å². The molecule has 0 aromatic carbocycles. The Kier molecular flexibility index (Phi) is 5.06. The van der Waals surface area contributed by atoms with Crippen molar-refractivity contribution in [3.8, 4) is 0 Å². The Bertz CT molecular complexity index is 892. The Balaban J connectivity index is 1.64. The molecule has 28 heavy (non-hydrogen) atoms. The number of carbonyl (C=O) groups excluding carboxylic acids is 2. The fourth-order valence-electron chi connectivity index (χ4n) is 3.74. The van der Waals surface area contributed by atoms with Crippen molar-refractivity contribution in [2.24, 2.45) is 0 Å². The molecule has 1 fully saturated rings. The maximum absolute atomic E-state index is 13.0. The minimum Gasteiger partial charge on any atom is -0.503 e. The van der Waals surface area contributed by atoms with Gasteiger partial charge in [0.2, 0.25) is 5.78 Å². The van der Waals surface area contributed by atoms with Gasteiger partial charge in [-0.2, -0.15) is 0 Å². The van der Waals surface area contributed by atoms with Gasteiger partial charge in [0, 0.05) is 0 Å². The summed E-state index contributed by atoms with van der Waals surface area (Å²) >= 11 is 0. The van der Waals surface area contributed by atoms with Gasteiger partial charge in [-0.15, -0.1) is 0 Å². The van der Waals surface area contributed by atoms with Crippen LogP contribution < -0.4 is 4.90 Å². The molecule has 4 heterocycles. The number of aliphatic hydroxyl groups excluding tert-OH is 1. The molecule has 2 aromatic heterocycles. The number of ether oxygens (including phenoxy) is 1. The quantitative estimate of drug-likeness (QED) is 0.708. The molecule has 0 spiro atoms. The maximum Gasteiger partial charge on any atom is 0.290 e. The fraction of sp³-hybridized carbons (Fsp3) is 0.400. The summed E-state index contributed by atoms with van der Waals surface area (Å²) in [6.45, 7) is 5.98. The van der Waals surface area contributed by atoms with E-state index in [1.807, 2.05) is 0 Å². The molecule has 8 heteroatoms. The summed E-state index contributed by atoms with van der Waals surface area (Å²) in [5.41, 5.74) is -0.00808. The zero-order chi connectivity index (χ0) is 19.7. The van der Waals surface area contributed by atoms with E-state index >= 15 is 0 Å². The van der Waals surface area contributed by atoms with E-state index in [4.69, 9.17) is 13.6 Å². The van der Waals surface area contributed by atoms with Gasteiger partial charge >= 0.3 is 0 Å². The number of ketones is 1. The Morgan fingerprint density at radius 3 is 2.71 bits per heavy atom. The topological polar surface area (TPSA) is 97.6 Å². The second-order valence-electron chi connectivity index (χ2n) is 7.03. The van der Waals surface area contributed by atoms with Gasteiger partial charge in [-0.1, -0.05) is 0 Å². The highest BCUT2D eigenvalue weighted by Gasteiger charge is 2.46. The number of Topliss-reactive ketones (excluding diaryl/α,β-unsaturated/α-hetero) is 1. The number of hydrogen-bond donors (Lipinski definition) is 2. The van der Waals surface area contributed by atoms with E-state index in [1.165, 1.54) is 22.1 Å². The first-order valence-electron chi connectivity index (χ1n) is 9.36. The first-order chi connectivity index (χ1) is 13.6. The molecule has 2 aliphatic rings. The summed E-state index contributed by atoms with van der Waals surface area (Å²) in [5.74, 6) is -0.447. The summed E-state index contributed by atoms with van der Waals surface area (Å²) in [7, 11) is 0. The number of furan rings is 2. The summed E-state index contributed by atoms with van der Waals surface area (Å²) < 4.78 is 16.3. The van der Waals surface area contributed by atoms with E-state index < -0.39 is 23.5 Å². The van der Waals surface area contributed by atoms with E-state index in [9.17, 15) is 14.7 Å². The van der Waals surface area contributed by atoms with E-state index in [2.05, 4.69) is 0 Å². The molecular formula is C20H23N2O6+. The van der Waals surface area contributed by atoms with Gasteiger partial charge in [0.25, 0.3) is 5.91 Å². The van der Waals surface area contributed by atoms with Crippen molar-refractivity contribution in [2.75, 3.05) is 39.4 Å². The van der Waals surface area contributed by atoms with Crippen molar-refractivity contribution in [1.29, 1.82) is 0 Å². The summed E-state index contributed by atoms with van der Waals surface area (Å²) in [5, 5.41) is 10.5. The molecule has 8 nitrogen and oxygen atoms in total. The molecule has 2 N–H and O–H groups in total. The normalized spacial score (nSPS) is 21.0. The fourth-order valence-corrected chi connectivity index (χ4v) is 3.74. The molecule has 0 aliphatic carbocycles. The van der Waals surface area contributed by atoms with E-state index in [0.717, 1.165) is 13.1 Å². The van der Waals surface area contributed by atoms with Crippen LogP contribution in [0.1, 0.15) is 28.1 Å². The molecule has 0 radical (unpaired) electrons. The number of aliphatic hydroxyl groups is 1. The van der Waals surface area contributed by atoms with E-state index in [-0.39, 0.29) is 11.3 Å². The Labute approximate surface area is 162 Å². The standard InChI is InChI=1S/C20H22N2O6/c1-13-4-5-14(28-13)17-16(18(23)15-3-2-10-27-15)19(24)20(25)22(17)7-6-21-8-11-26-12-9-21/h2-5,10,17,24H,6-9,11-12H2,1H3/p+1/t17-/m0/s1. The van der Waals surface area contributed by atoms with Crippen molar-refractivity contribution >= 4 is 11.7 Å². The van der Waals surface area contributed by atoms with Crippen LogP contribution in [0.5, 0.6) is 0 Å². The molecule has 1 saturated heterocycles. The lowest BCUT2D eigenvalue weighted by atomic mass is 10.00. The third kappa shape index (κ3) is 3.36. The molecule has 148 valence electrons. The van der Waals surface area contributed by atoms with Gasteiger partial charge < -0.3 is 28.5 Å². The smallest absolute Gasteiger partial charge is 0.290 e. The molecule has 0 saturated carbocycles. The van der Waals surface area contributed by atoms with Crippen LogP contribution in [0.2, 0.25) is 0 Å². The number of rotatable bonds is 6. The number of nitrogens with zero attached hydrogens (tertiary/aromatic N) is 1. The van der Waals surface area contributed by atoms with Gasteiger partial charge in [-0.25, -0.2) is 0 Å². The van der Waals surface area contributed by atoms with Crippen molar-refractivity contribution in [3.05, 3.63) is 59.1 Å². The van der Waals surface area contributed by atoms with Crippen LogP contribution in [0.4, 0.5) is 0 Å². The van der Waals surface area contributed by atoms with Gasteiger partial charge in [-0.05, 0) is 31.2 Å². The van der Waals surface area contributed by atoms with Crippen LogP contribution in [-0.4, -0.2) is 61.1 Å². The van der Waals surface area contributed by atoms with Crippen LogP contribution in [0.25, 0.3) is 0 Å². The molecular weight excluding hydrogens is 364 g/mol. The molecule has 1 amide bonds. The zero-order valence-electron chi connectivity index (χ0n) is 15.6. The minimum absolute atomic E-state index is 0.00808. The molecule has 2 aromatic rings. The first-order valence-corrected chi connectivity index (χ1v) is 9.36. The van der Waals surface area contributed by atoms with Gasteiger partial charge in [-0.3, -0.25) is 9.59 Å². The molecule has 1 atom stereocenters. The van der Waals surface area contributed by atoms with Crippen LogP contribution in [-0.2, 0) is 9.53 Å². The molecule has 0 unspecified atom stereocenters. The van der Waals surface area contributed by atoms with Crippen molar-refractivity contribution in [1.82, 2.24) is 4.90 Å². The van der Waals surface area contributed by atoms with Crippen LogP contribution >= 0.6 is 0 Å². The average Bonchev–Trinajstić information content (AvgIpc) is 3.43. The zero-order valence-corrected chi connectivity index (χ0v) is 15.6. The molecule has 4 rings (SSSR count). The summed E-state index contributed by atoms with van der Waals surface area (Å²) in [6, 6.07) is 5.83. The predicted octanol–water partition coefficient (Wildman–Crippen LogP) is 0.674. The van der Waals surface area contributed by atoms with E-state index in [1.54, 1.807) is 25.1 Å². The number of amides is 1. The Morgan fingerprint density at radius 2 is 2.07 bits per heavy atom. The number of carbonyl (C=O) groups is 2. The highest BCUT2D eigenvalue weighted by molar-refractivity contribution is 6.14. The lowest BCUT2D eigenvalue weighted by molar-refractivity contribution is -0.907. The minimum atomic E-state index is -0.778. The Morgan fingerprint density at radius 1 is 1.29 bits per heavy atom. The van der Waals surface area contributed by atoms with Crippen molar-refractivity contribution in [3.63, 3.8) is 0 Å². The number of aryl methyl sites for hydroxylation is 1. The molecule has 2 aliphatic heterocycles. The second-order valence-corrected chi connectivity index (χ2v) is 7.03. The lowest BCUT2D eigenvalue weighted by Crippen LogP contribution is -3.14. The van der Waals surface area contributed by atoms with Crippen LogP contribution in [0, 0.1) is 6.92 Å². The third-order valence-electron chi connectivity index (χ3n) is 5.23. The summed E-state index contributed by atoms with van der Waals surface area (Å²) in [4.78, 5) is 28.6. The van der Waals surface area contributed by atoms with Crippen molar-refractivity contribution in [2.45, 2.75) is 13.0 Å².